The number of nitrogens with zero attached hydrogens (tertiary/aromatic N) is 2. The van der Waals surface area contributed by atoms with E-state index in [1.165, 1.54) is 12.1 Å². The number of H-pyrrole nitrogens is 2. The quantitative estimate of drug-likeness (QED) is 0.432. The van der Waals surface area contributed by atoms with Gasteiger partial charge in [-0.2, -0.15) is 0 Å². The number of rotatable bonds is 2. The SMILES string of the molecule is O=P(O)(O)c1cccc(/C2=C3\C=CC(=N3)/C=c3/cc/c([nH]3)=C/C3=NC(C=C3)Cc3ccc2[nH]3)c1. The lowest BCUT2D eigenvalue weighted by atomic mass is 10.0. The Bertz CT molecular complexity index is 1640. The predicted octanol–water partition coefficient (Wildman–Crippen LogP) is 2.11. The molecule has 0 spiro atoms. The van der Waals surface area contributed by atoms with E-state index in [0.717, 1.165) is 39.1 Å². The first-order valence-electron chi connectivity index (χ1n) is 10.9. The van der Waals surface area contributed by atoms with Crippen molar-refractivity contribution in [3.8, 4) is 0 Å². The summed E-state index contributed by atoms with van der Waals surface area (Å²) in [7, 11) is -4.40. The fraction of sp³-hybridized carbons (Fsp3) is 0.0769. The highest BCUT2D eigenvalue weighted by molar-refractivity contribution is 7.60. The summed E-state index contributed by atoms with van der Waals surface area (Å²) in [6.07, 6.45) is 12.7. The highest BCUT2D eigenvalue weighted by Gasteiger charge is 2.21. The minimum absolute atomic E-state index is 0.0251. The largest absolute Gasteiger partial charge is 0.358 e. The number of aromatic amines is 2. The number of aromatic nitrogens is 2. The third kappa shape index (κ3) is 4.01. The van der Waals surface area contributed by atoms with E-state index in [1.54, 1.807) is 6.07 Å². The van der Waals surface area contributed by atoms with Crippen molar-refractivity contribution in [2.24, 2.45) is 9.98 Å². The number of aliphatic imine (C=N–C) groups is 2. The molecule has 5 heterocycles. The maximum atomic E-state index is 11.9. The lowest BCUT2D eigenvalue weighted by Gasteiger charge is -2.11. The zero-order valence-corrected chi connectivity index (χ0v) is 18.9. The lowest BCUT2D eigenvalue weighted by Crippen LogP contribution is -2.12. The second kappa shape index (κ2) is 7.92. The maximum absolute atomic E-state index is 11.9. The van der Waals surface area contributed by atoms with Gasteiger partial charge in [0, 0.05) is 34.1 Å². The van der Waals surface area contributed by atoms with Gasteiger partial charge in [-0.15, -0.1) is 0 Å². The topological polar surface area (TPSA) is 114 Å². The predicted molar refractivity (Wildman–Crippen MR) is 135 cm³/mol. The molecule has 3 aliphatic rings. The Hall–Kier alpha value is -3.77. The van der Waals surface area contributed by atoms with Gasteiger partial charge in [-0.25, -0.2) is 4.99 Å². The summed E-state index contributed by atoms with van der Waals surface area (Å²) in [6.45, 7) is 0. The smallest absolute Gasteiger partial charge is 0.356 e. The van der Waals surface area contributed by atoms with E-state index in [4.69, 9.17) is 9.98 Å². The number of hydrogen-bond donors (Lipinski definition) is 4. The molecule has 0 saturated heterocycles. The average Bonchev–Trinajstić information content (AvgIpc) is 3.59. The Morgan fingerprint density at radius 2 is 1.74 bits per heavy atom. The monoisotopic (exact) mass is 468 g/mol. The van der Waals surface area contributed by atoms with Crippen molar-refractivity contribution in [1.29, 1.82) is 0 Å². The molecule has 8 heteroatoms. The highest BCUT2D eigenvalue weighted by atomic mass is 31.2. The normalized spacial score (nSPS) is 23.2. The van der Waals surface area contributed by atoms with Crippen LogP contribution in [0.25, 0.3) is 17.7 Å². The molecule has 168 valence electrons. The van der Waals surface area contributed by atoms with E-state index >= 15 is 0 Å². The first-order valence-corrected chi connectivity index (χ1v) is 12.5. The van der Waals surface area contributed by atoms with Crippen molar-refractivity contribution >= 4 is 42.0 Å². The van der Waals surface area contributed by atoms with Crippen molar-refractivity contribution in [2.75, 3.05) is 0 Å². The summed E-state index contributed by atoms with van der Waals surface area (Å²) < 4.78 is 11.9. The Balaban J connectivity index is 1.56. The summed E-state index contributed by atoms with van der Waals surface area (Å²) in [5, 5.41) is 1.87. The molecule has 0 saturated carbocycles. The molecular weight excluding hydrogens is 447 g/mol. The number of benzene rings is 1. The van der Waals surface area contributed by atoms with Crippen LogP contribution in [-0.2, 0) is 11.0 Å². The molecule has 3 aromatic rings. The van der Waals surface area contributed by atoms with Gasteiger partial charge in [0.2, 0.25) is 0 Å². The van der Waals surface area contributed by atoms with Gasteiger partial charge in [0.1, 0.15) is 0 Å². The van der Waals surface area contributed by atoms with Gasteiger partial charge in [-0.05, 0) is 72.3 Å². The van der Waals surface area contributed by atoms with Crippen LogP contribution in [0.4, 0.5) is 0 Å². The third-order valence-corrected chi connectivity index (χ3v) is 6.93. The standard InChI is InChI=1S/C26H21N4O3P/c31-34(32,33)23-3-1-2-16(12-23)26-24-10-8-21(29-24)14-19-6-4-17(27-19)13-18-5-7-20(28-18)15-22-9-11-25(26)30-22/h1-14,20,27,30H,15H2,(H2,31,32,33)/b17-13-,19-14-,26-24-. The molecule has 0 amide bonds. The molecule has 1 unspecified atom stereocenters. The first-order chi connectivity index (χ1) is 16.4. The summed E-state index contributed by atoms with van der Waals surface area (Å²) in [4.78, 5) is 35.9. The van der Waals surface area contributed by atoms with Crippen LogP contribution in [0.15, 0.2) is 88.5 Å². The summed E-state index contributed by atoms with van der Waals surface area (Å²) >= 11 is 0. The molecule has 0 radical (unpaired) electrons. The van der Waals surface area contributed by atoms with Crippen LogP contribution in [0.5, 0.6) is 0 Å². The molecular formula is C26H21N4O3P. The van der Waals surface area contributed by atoms with Gasteiger partial charge in [0.05, 0.1) is 28.5 Å². The summed E-state index contributed by atoms with van der Waals surface area (Å²) in [5.74, 6) is 0. The highest BCUT2D eigenvalue weighted by Crippen LogP contribution is 2.36. The number of nitrogens with one attached hydrogen (secondary N) is 2. The van der Waals surface area contributed by atoms with Crippen molar-refractivity contribution in [2.45, 2.75) is 12.5 Å². The summed E-state index contributed by atoms with van der Waals surface area (Å²) in [5.41, 5.74) is 5.73. The Morgan fingerprint density at radius 1 is 0.912 bits per heavy atom. The second-order valence-corrected chi connectivity index (χ2v) is 10.1. The first kappa shape index (κ1) is 20.8. The van der Waals surface area contributed by atoms with E-state index < -0.39 is 7.60 Å². The Morgan fingerprint density at radius 3 is 2.56 bits per heavy atom. The van der Waals surface area contributed by atoms with E-state index in [0.29, 0.717) is 17.7 Å². The van der Waals surface area contributed by atoms with Crippen LogP contribution in [0, 0.1) is 0 Å². The van der Waals surface area contributed by atoms with Crippen molar-refractivity contribution in [1.82, 2.24) is 9.97 Å². The molecule has 6 rings (SSSR count). The zero-order valence-electron chi connectivity index (χ0n) is 18.0. The molecule has 34 heavy (non-hydrogen) atoms. The second-order valence-electron chi connectivity index (χ2n) is 8.46. The van der Waals surface area contributed by atoms with Crippen LogP contribution < -0.4 is 16.0 Å². The van der Waals surface area contributed by atoms with E-state index in [2.05, 4.69) is 16.0 Å². The Labute approximate surface area is 195 Å². The minimum atomic E-state index is -4.40. The molecule has 1 aromatic carbocycles. The van der Waals surface area contributed by atoms with Gasteiger partial charge >= 0.3 is 7.60 Å². The van der Waals surface area contributed by atoms with Crippen molar-refractivity contribution in [3.05, 3.63) is 106 Å². The van der Waals surface area contributed by atoms with Gasteiger partial charge in [-0.1, -0.05) is 18.2 Å². The van der Waals surface area contributed by atoms with Crippen LogP contribution in [-0.4, -0.2) is 37.2 Å². The molecule has 0 fully saturated rings. The van der Waals surface area contributed by atoms with Crippen LogP contribution in [0.3, 0.4) is 0 Å². The van der Waals surface area contributed by atoms with Gasteiger partial charge in [0.25, 0.3) is 0 Å². The third-order valence-electron chi connectivity index (χ3n) is 5.98. The minimum Gasteiger partial charge on any atom is -0.358 e. The van der Waals surface area contributed by atoms with Gasteiger partial charge in [-0.3, -0.25) is 9.56 Å². The van der Waals surface area contributed by atoms with Crippen LogP contribution in [0.1, 0.15) is 17.0 Å². The number of hydrogen-bond acceptors (Lipinski definition) is 3. The molecule has 7 nitrogen and oxygen atoms in total. The molecule has 3 aliphatic heterocycles. The maximum Gasteiger partial charge on any atom is 0.356 e. The van der Waals surface area contributed by atoms with Crippen molar-refractivity contribution < 1.29 is 14.4 Å². The van der Waals surface area contributed by atoms with Gasteiger partial charge in [0.15, 0.2) is 0 Å². The molecule has 2 aromatic heterocycles. The zero-order chi connectivity index (χ0) is 23.3. The molecule has 0 aliphatic carbocycles. The number of allylic oxidation sites excluding steroid dienone is 3. The Kier molecular flexibility index (Phi) is 4.85. The van der Waals surface area contributed by atoms with Crippen molar-refractivity contribution in [3.63, 3.8) is 0 Å². The summed E-state index contributed by atoms with van der Waals surface area (Å²) in [6, 6.07) is 14.5. The fourth-order valence-electron chi connectivity index (χ4n) is 4.41. The molecule has 1 atom stereocenters. The molecule has 8 bridgehead atoms. The van der Waals surface area contributed by atoms with Gasteiger partial charge < -0.3 is 19.8 Å². The van der Waals surface area contributed by atoms with E-state index in [1.807, 2.05) is 60.7 Å². The van der Waals surface area contributed by atoms with E-state index in [9.17, 15) is 14.4 Å². The van der Waals surface area contributed by atoms with Crippen LogP contribution in [0.2, 0.25) is 0 Å². The molecule has 4 N–H and O–H groups in total. The van der Waals surface area contributed by atoms with E-state index in [-0.39, 0.29) is 11.3 Å². The van der Waals surface area contributed by atoms with Crippen LogP contribution >= 0.6 is 7.60 Å². The average molecular weight is 468 g/mol. The number of fused-ring (bicyclic) bond motifs is 6. The lowest BCUT2D eigenvalue weighted by molar-refractivity contribution is 0.387. The fourth-order valence-corrected chi connectivity index (χ4v) is 5.00.